The van der Waals surface area contributed by atoms with Gasteiger partial charge in [0.2, 0.25) is 0 Å². The van der Waals surface area contributed by atoms with Crippen LogP contribution in [0.4, 0.5) is 0 Å². The zero-order chi connectivity index (χ0) is 10.6. The van der Waals surface area contributed by atoms with E-state index in [1.165, 1.54) is 6.08 Å². The Bertz CT molecular complexity index is 419. The first kappa shape index (κ1) is 11.0. The summed E-state index contributed by atoms with van der Waals surface area (Å²) in [6, 6.07) is 6.92. The largest absolute Gasteiger partial charge is 0.223 e. The van der Waals surface area contributed by atoms with Crippen LogP contribution in [-0.4, -0.2) is 14.2 Å². The van der Waals surface area contributed by atoms with E-state index in [1.807, 2.05) is 6.07 Å². The number of sulfone groups is 1. The van der Waals surface area contributed by atoms with E-state index in [0.29, 0.717) is 11.3 Å². The van der Waals surface area contributed by atoms with Crippen molar-refractivity contribution < 1.29 is 8.42 Å². The van der Waals surface area contributed by atoms with Gasteiger partial charge in [0.15, 0.2) is 9.84 Å². The Morgan fingerprint density at radius 3 is 2.50 bits per heavy atom. The van der Waals surface area contributed by atoms with Crippen molar-refractivity contribution in [2.45, 2.75) is 11.3 Å². The first-order chi connectivity index (χ1) is 6.61. The molecule has 0 aromatic heterocycles. The molecule has 0 amide bonds. The molecule has 1 radical (unpaired) electrons. The van der Waals surface area contributed by atoms with Gasteiger partial charge in [0, 0.05) is 0 Å². The topological polar surface area (TPSA) is 34.1 Å². The molecule has 0 fully saturated rings. The maximum atomic E-state index is 11.7. The van der Waals surface area contributed by atoms with Crippen LogP contribution in [0.2, 0.25) is 0 Å². The van der Waals surface area contributed by atoms with Crippen molar-refractivity contribution in [3.8, 4) is 0 Å². The minimum absolute atomic E-state index is 0.0238. The molecular formula is C11H13O2S. The summed E-state index contributed by atoms with van der Waals surface area (Å²) in [5.41, 5.74) is 0.759. The molecule has 0 aliphatic heterocycles. The lowest BCUT2D eigenvalue weighted by Gasteiger charge is -2.06. The van der Waals surface area contributed by atoms with Gasteiger partial charge in [0.25, 0.3) is 0 Å². The normalized spacial score (nSPS) is 11.2. The fraction of sp³-hybridized carbons (Fsp3) is 0.182. The summed E-state index contributed by atoms with van der Waals surface area (Å²) in [4.78, 5) is 0.370. The number of benzene rings is 1. The van der Waals surface area contributed by atoms with Gasteiger partial charge in [-0.3, -0.25) is 0 Å². The molecule has 2 nitrogen and oxygen atoms in total. The Morgan fingerprint density at radius 2 is 1.93 bits per heavy atom. The quantitative estimate of drug-likeness (QED) is 0.711. The predicted octanol–water partition coefficient (Wildman–Crippen LogP) is 2.02. The second-order valence-corrected chi connectivity index (χ2v) is 4.93. The lowest BCUT2D eigenvalue weighted by atomic mass is 10.2. The maximum Gasteiger partial charge on any atom is 0.182 e. The second kappa shape index (κ2) is 4.42. The summed E-state index contributed by atoms with van der Waals surface area (Å²) in [5, 5.41) is 0. The molecule has 0 saturated carbocycles. The third-order valence-electron chi connectivity index (χ3n) is 1.91. The van der Waals surface area contributed by atoms with Crippen molar-refractivity contribution in [1.82, 2.24) is 0 Å². The van der Waals surface area contributed by atoms with Crippen LogP contribution in [0.15, 0.2) is 41.8 Å². The highest BCUT2D eigenvalue weighted by molar-refractivity contribution is 7.91. The fourth-order valence-electron chi connectivity index (χ4n) is 1.26. The van der Waals surface area contributed by atoms with E-state index < -0.39 is 9.84 Å². The number of hydrogen-bond acceptors (Lipinski definition) is 2. The first-order valence-electron chi connectivity index (χ1n) is 4.32. The number of rotatable bonds is 4. The van der Waals surface area contributed by atoms with E-state index >= 15 is 0 Å². The average molecular weight is 209 g/mol. The van der Waals surface area contributed by atoms with Crippen molar-refractivity contribution >= 4 is 9.84 Å². The van der Waals surface area contributed by atoms with E-state index in [-0.39, 0.29) is 5.75 Å². The summed E-state index contributed by atoms with van der Waals surface area (Å²) in [6.07, 6.45) is 1.88. The highest BCUT2D eigenvalue weighted by atomic mass is 32.2. The first-order valence-corrected chi connectivity index (χ1v) is 5.98. The van der Waals surface area contributed by atoms with Crippen molar-refractivity contribution in [3.05, 3.63) is 49.4 Å². The molecule has 0 N–H and O–H groups in total. The lowest BCUT2D eigenvalue weighted by Crippen LogP contribution is -2.07. The SMILES string of the molecule is [CH2]Cc1ccccc1S(=O)(=O)CC=C. The van der Waals surface area contributed by atoms with Crippen LogP contribution in [0.1, 0.15) is 5.56 Å². The standard InChI is InChI=1S/C11H13O2S/c1-3-9-14(12,13)11-8-6-5-7-10(11)4-2/h3,5-8H,1-2,4,9H2. The summed E-state index contributed by atoms with van der Waals surface area (Å²) in [6.45, 7) is 7.13. The smallest absolute Gasteiger partial charge is 0.182 e. The van der Waals surface area contributed by atoms with Crippen LogP contribution in [0.5, 0.6) is 0 Å². The van der Waals surface area contributed by atoms with Crippen LogP contribution in [-0.2, 0) is 16.3 Å². The predicted molar refractivity (Wildman–Crippen MR) is 57.8 cm³/mol. The Labute approximate surface area is 85.2 Å². The van der Waals surface area contributed by atoms with Crippen LogP contribution in [0.25, 0.3) is 0 Å². The summed E-state index contributed by atoms with van der Waals surface area (Å²) in [7, 11) is -3.21. The summed E-state index contributed by atoms with van der Waals surface area (Å²) >= 11 is 0. The van der Waals surface area contributed by atoms with Gasteiger partial charge in [-0.05, 0) is 25.0 Å². The van der Waals surface area contributed by atoms with E-state index in [9.17, 15) is 8.42 Å². The van der Waals surface area contributed by atoms with Crippen LogP contribution in [0, 0.1) is 6.92 Å². The molecule has 1 rings (SSSR count). The highest BCUT2D eigenvalue weighted by Gasteiger charge is 2.14. The summed E-state index contributed by atoms with van der Waals surface area (Å²) < 4.78 is 23.4. The molecule has 14 heavy (non-hydrogen) atoms. The molecule has 0 aliphatic carbocycles. The molecule has 0 aliphatic rings. The third kappa shape index (κ3) is 2.23. The van der Waals surface area contributed by atoms with E-state index in [4.69, 9.17) is 0 Å². The van der Waals surface area contributed by atoms with Crippen molar-refractivity contribution in [1.29, 1.82) is 0 Å². The van der Waals surface area contributed by atoms with E-state index in [1.54, 1.807) is 18.2 Å². The zero-order valence-corrected chi connectivity index (χ0v) is 8.76. The van der Waals surface area contributed by atoms with Gasteiger partial charge >= 0.3 is 0 Å². The van der Waals surface area contributed by atoms with Crippen molar-refractivity contribution in [2.75, 3.05) is 5.75 Å². The molecule has 0 atom stereocenters. The monoisotopic (exact) mass is 209 g/mol. The molecule has 0 bridgehead atoms. The minimum atomic E-state index is -3.21. The molecular weight excluding hydrogens is 196 g/mol. The van der Waals surface area contributed by atoms with E-state index in [0.717, 1.165) is 5.56 Å². The van der Waals surface area contributed by atoms with Gasteiger partial charge in [-0.1, -0.05) is 24.3 Å². The van der Waals surface area contributed by atoms with Gasteiger partial charge in [-0.25, -0.2) is 8.42 Å². The van der Waals surface area contributed by atoms with Gasteiger partial charge < -0.3 is 0 Å². The van der Waals surface area contributed by atoms with Gasteiger partial charge in [-0.2, -0.15) is 0 Å². The Morgan fingerprint density at radius 1 is 1.29 bits per heavy atom. The average Bonchev–Trinajstić information content (AvgIpc) is 2.18. The Hall–Kier alpha value is -1.09. The van der Waals surface area contributed by atoms with Gasteiger partial charge in [0.1, 0.15) is 0 Å². The molecule has 0 saturated heterocycles. The van der Waals surface area contributed by atoms with Gasteiger partial charge in [-0.15, -0.1) is 6.58 Å². The second-order valence-electron chi connectivity index (χ2n) is 2.93. The third-order valence-corrected chi connectivity index (χ3v) is 3.66. The zero-order valence-electron chi connectivity index (χ0n) is 7.94. The van der Waals surface area contributed by atoms with Crippen molar-refractivity contribution in [2.24, 2.45) is 0 Å². The van der Waals surface area contributed by atoms with E-state index in [2.05, 4.69) is 13.5 Å². The summed E-state index contributed by atoms with van der Waals surface area (Å²) in [5.74, 6) is -0.0238. The molecule has 1 aromatic rings. The van der Waals surface area contributed by atoms with Crippen LogP contribution in [0.3, 0.4) is 0 Å². The maximum absolute atomic E-state index is 11.7. The Kier molecular flexibility index (Phi) is 3.47. The van der Waals surface area contributed by atoms with Crippen molar-refractivity contribution in [3.63, 3.8) is 0 Å². The molecule has 3 heteroatoms. The van der Waals surface area contributed by atoms with Crippen LogP contribution >= 0.6 is 0 Å². The Balaban J connectivity index is 3.24. The van der Waals surface area contributed by atoms with Gasteiger partial charge in [0.05, 0.1) is 10.6 Å². The van der Waals surface area contributed by atoms with Crippen LogP contribution < -0.4 is 0 Å². The molecule has 0 spiro atoms. The molecule has 0 unspecified atom stereocenters. The molecule has 1 aromatic carbocycles. The highest BCUT2D eigenvalue weighted by Crippen LogP contribution is 2.17. The lowest BCUT2D eigenvalue weighted by molar-refractivity contribution is 0.598. The molecule has 75 valence electrons. The molecule has 0 heterocycles. The number of hydrogen-bond donors (Lipinski definition) is 0. The minimum Gasteiger partial charge on any atom is -0.223 e. The fourth-order valence-corrected chi connectivity index (χ4v) is 2.60.